The lowest BCUT2D eigenvalue weighted by Crippen LogP contribution is -2.04. The Morgan fingerprint density at radius 2 is 2.19 bits per heavy atom. The number of aromatic hydroxyl groups is 1. The van der Waals surface area contributed by atoms with Gasteiger partial charge in [-0.3, -0.25) is 0 Å². The maximum absolute atomic E-state index is 10.4. The number of rotatable bonds is 2. The quantitative estimate of drug-likeness (QED) is 0.603. The summed E-state index contributed by atoms with van der Waals surface area (Å²) in [7, 11) is 0. The molecule has 0 aromatic heterocycles. The van der Waals surface area contributed by atoms with Crippen LogP contribution in [0.5, 0.6) is 17.2 Å². The lowest BCUT2D eigenvalue weighted by molar-refractivity contribution is 0.172. The van der Waals surface area contributed by atoms with Crippen molar-refractivity contribution in [3.05, 3.63) is 17.7 Å². The first-order chi connectivity index (χ1) is 7.75. The van der Waals surface area contributed by atoms with Gasteiger partial charge < -0.3 is 14.6 Å². The molecule has 5 heteroatoms. The summed E-state index contributed by atoms with van der Waals surface area (Å²) >= 11 is 0. The fourth-order valence-electron chi connectivity index (χ4n) is 1.99. The van der Waals surface area contributed by atoms with E-state index in [1.165, 1.54) is 6.07 Å². The average molecular weight is 219 g/mol. The highest BCUT2D eigenvalue weighted by Gasteiger charge is 2.48. The van der Waals surface area contributed by atoms with Crippen LogP contribution in [0.4, 0.5) is 0 Å². The lowest BCUT2D eigenvalue weighted by atomic mass is 10.0. The molecular weight excluding hydrogens is 210 g/mol. The van der Waals surface area contributed by atoms with Crippen LogP contribution >= 0.6 is 0 Å². The van der Waals surface area contributed by atoms with Gasteiger partial charge in [-0.05, 0) is 18.9 Å². The fraction of sp³-hybridized carbons (Fsp3) is 0.364. The van der Waals surface area contributed by atoms with Crippen LogP contribution < -0.4 is 9.47 Å². The van der Waals surface area contributed by atoms with E-state index in [4.69, 9.17) is 9.47 Å². The monoisotopic (exact) mass is 219 g/mol. The molecule has 1 N–H and O–H groups in total. The van der Waals surface area contributed by atoms with Gasteiger partial charge in [0.2, 0.25) is 12.9 Å². The van der Waals surface area contributed by atoms with Crippen LogP contribution in [0.15, 0.2) is 17.1 Å². The Kier molecular flexibility index (Phi) is 1.73. The molecule has 1 aliphatic heterocycles. The third kappa shape index (κ3) is 1.19. The highest BCUT2D eigenvalue weighted by molar-refractivity contribution is 5.58. The van der Waals surface area contributed by atoms with E-state index in [1.807, 2.05) is 0 Å². The molecule has 0 spiro atoms. The zero-order valence-corrected chi connectivity index (χ0v) is 8.40. The molecule has 0 amide bonds. The first-order valence-electron chi connectivity index (χ1n) is 4.97. The molecule has 1 fully saturated rings. The SMILES string of the molecule is O=C=NC1(c2cc(O)cc3c2OCO3)CC1. The van der Waals surface area contributed by atoms with Gasteiger partial charge >= 0.3 is 0 Å². The number of hydrogen-bond acceptors (Lipinski definition) is 5. The summed E-state index contributed by atoms with van der Waals surface area (Å²) in [5.74, 6) is 1.17. The summed E-state index contributed by atoms with van der Waals surface area (Å²) in [6.07, 6.45) is 3.11. The van der Waals surface area contributed by atoms with E-state index in [0.717, 1.165) is 12.8 Å². The van der Waals surface area contributed by atoms with E-state index < -0.39 is 5.54 Å². The third-order valence-electron chi connectivity index (χ3n) is 2.94. The Morgan fingerprint density at radius 1 is 1.38 bits per heavy atom. The second kappa shape index (κ2) is 3.00. The van der Waals surface area contributed by atoms with Crippen molar-refractivity contribution in [2.24, 2.45) is 4.99 Å². The van der Waals surface area contributed by atoms with Crippen molar-refractivity contribution in [1.82, 2.24) is 0 Å². The number of phenolic OH excluding ortho intramolecular Hbond substituents is 1. The van der Waals surface area contributed by atoms with Crippen molar-refractivity contribution in [3.63, 3.8) is 0 Å². The number of fused-ring (bicyclic) bond motifs is 1. The van der Waals surface area contributed by atoms with Crippen LogP contribution in [0.1, 0.15) is 18.4 Å². The first-order valence-corrected chi connectivity index (χ1v) is 4.97. The maximum atomic E-state index is 10.4. The van der Waals surface area contributed by atoms with Crippen molar-refractivity contribution in [2.75, 3.05) is 6.79 Å². The Morgan fingerprint density at radius 3 is 2.88 bits per heavy atom. The first kappa shape index (κ1) is 9.24. The smallest absolute Gasteiger partial charge is 0.235 e. The Labute approximate surface area is 91.3 Å². The molecule has 0 saturated heterocycles. The number of aliphatic imine (C=N–C) groups is 1. The van der Waals surface area contributed by atoms with Crippen LogP contribution in [0, 0.1) is 0 Å². The molecular formula is C11H9NO4. The van der Waals surface area contributed by atoms with E-state index >= 15 is 0 Å². The van der Waals surface area contributed by atoms with Gasteiger partial charge in [0, 0.05) is 11.6 Å². The molecule has 1 aliphatic carbocycles. The number of phenols is 1. The molecule has 0 unspecified atom stereocenters. The zero-order chi connectivity index (χ0) is 11.2. The second-order valence-electron chi connectivity index (χ2n) is 3.96. The predicted molar refractivity (Wildman–Crippen MR) is 53.3 cm³/mol. The largest absolute Gasteiger partial charge is 0.508 e. The molecule has 5 nitrogen and oxygen atoms in total. The second-order valence-corrected chi connectivity index (χ2v) is 3.96. The van der Waals surface area contributed by atoms with Gasteiger partial charge in [-0.25, -0.2) is 4.79 Å². The lowest BCUT2D eigenvalue weighted by Gasteiger charge is -2.11. The number of carbonyl (C=O) groups excluding carboxylic acids is 1. The number of ether oxygens (including phenoxy) is 2. The predicted octanol–water partition coefficient (Wildman–Crippen LogP) is 1.45. The van der Waals surface area contributed by atoms with E-state index in [1.54, 1.807) is 12.1 Å². The topological polar surface area (TPSA) is 68.1 Å². The normalized spacial score (nSPS) is 19.0. The summed E-state index contributed by atoms with van der Waals surface area (Å²) < 4.78 is 10.5. The minimum absolute atomic E-state index is 0.0895. The van der Waals surface area contributed by atoms with Crippen LogP contribution in [-0.4, -0.2) is 18.0 Å². The molecule has 16 heavy (non-hydrogen) atoms. The van der Waals surface area contributed by atoms with E-state index in [9.17, 15) is 9.90 Å². The molecule has 1 heterocycles. The number of benzene rings is 1. The Hall–Kier alpha value is -2.00. The molecule has 0 bridgehead atoms. The van der Waals surface area contributed by atoms with E-state index in [-0.39, 0.29) is 12.5 Å². The van der Waals surface area contributed by atoms with Crippen molar-refractivity contribution in [2.45, 2.75) is 18.4 Å². The maximum Gasteiger partial charge on any atom is 0.235 e. The summed E-state index contributed by atoms with van der Waals surface area (Å²) in [5.41, 5.74) is 0.154. The number of isocyanates is 1. The fourth-order valence-corrected chi connectivity index (χ4v) is 1.99. The molecule has 2 aliphatic rings. The Balaban J connectivity index is 2.17. The minimum atomic E-state index is -0.557. The summed E-state index contributed by atoms with van der Waals surface area (Å²) in [5, 5.41) is 9.56. The molecule has 0 radical (unpaired) electrons. The van der Waals surface area contributed by atoms with Crippen LogP contribution in [0.3, 0.4) is 0 Å². The summed E-state index contributed by atoms with van der Waals surface area (Å²) in [6, 6.07) is 3.06. The van der Waals surface area contributed by atoms with Gasteiger partial charge in [-0.15, -0.1) is 0 Å². The minimum Gasteiger partial charge on any atom is -0.508 e. The van der Waals surface area contributed by atoms with Gasteiger partial charge in [0.15, 0.2) is 11.5 Å². The van der Waals surface area contributed by atoms with Gasteiger partial charge in [-0.1, -0.05) is 0 Å². The van der Waals surface area contributed by atoms with Gasteiger partial charge in [0.25, 0.3) is 0 Å². The van der Waals surface area contributed by atoms with Crippen molar-refractivity contribution >= 4 is 6.08 Å². The molecule has 3 rings (SSSR count). The van der Waals surface area contributed by atoms with Crippen molar-refractivity contribution in [1.29, 1.82) is 0 Å². The molecule has 1 aromatic carbocycles. The van der Waals surface area contributed by atoms with Crippen molar-refractivity contribution in [3.8, 4) is 17.2 Å². The molecule has 1 aromatic rings. The standard InChI is InChI=1S/C11H9NO4/c13-5-12-11(1-2-11)8-3-7(14)4-9-10(8)16-6-15-9/h3-4,14H,1-2,6H2. The van der Waals surface area contributed by atoms with Gasteiger partial charge in [0.05, 0.1) is 0 Å². The van der Waals surface area contributed by atoms with Crippen LogP contribution in [0.25, 0.3) is 0 Å². The molecule has 1 saturated carbocycles. The van der Waals surface area contributed by atoms with Crippen LogP contribution in [0.2, 0.25) is 0 Å². The molecule has 82 valence electrons. The van der Waals surface area contributed by atoms with Crippen molar-refractivity contribution < 1.29 is 19.4 Å². The van der Waals surface area contributed by atoms with Crippen LogP contribution in [-0.2, 0) is 10.3 Å². The van der Waals surface area contributed by atoms with Gasteiger partial charge in [-0.2, -0.15) is 4.99 Å². The van der Waals surface area contributed by atoms with E-state index in [2.05, 4.69) is 4.99 Å². The molecule has 0 atom stereocenters. The highest BCUT2D eigenvalue weighted by atomic mass is 16.7. The third-order valence-corrected chi connectivity index (χ3v) is 2.94. The average Bonchev–Trinajstić information content (AvgIpc) is 2.88. The zero-order valence-electron chi connectivity index (χ0n) is 8.40. The van der Waals surface area contributed by atoms with E-state index in [0.29, 0.717) is 17.1 Å². The summed E-state index contributed by atoms with van der Waals surface area (Å²) in [4.78, 5) is 14.2. The van der Waals surface area contributed by atoms with Gasteiger partial charge in [0.1, 0.15) is 11.3 Å². The number of hydrogen-bond donors (Lipinski definition) is 1. The number of nitrogens with zero attached hydrogens (tertiary/aromatic N) is 1. The Bertz CT molecular complexity index is 501. The summed E-state index contributed by atoms with van der Waals surface area (Å²) in [6.45, 7) is 0.132. The highest BCUT2D eigenvalue weighted by Crippen LogP contribution is 2.56.